The van der Waals surface area contributed by atoms with Crippen LogP contribution < -0.4 is 4.74 Å². The summed E-state index contributed by atoms with van der Waals surface area (Å²) in [6, 6.07) is 7.34. The van der Waals surface area contributed by atoms with E-state index in [1.807, 2.05) is 39.0 Å². The lowest BCUT2D eigenvalue weighted by atomic mass is 10.1. The first-order valence-electron chi connectivity index (χ1n) is 12.2. The first kappa shape index (κ1) is 24.8. The zero-order valence-electron chi connectivity index (χ0n) is 21.7. The van der Waals surface area contributed by atoms with Gasteiger partial charge in [-0.15, -0.1) is 10.2 Å². The van der Waals surface area contributed by atoms with E-state index in [9.17, 15) is 9.90 Å². The third kappa shape index (κ3) is 4.89. The van der Waals surface area contributed by atoms with E-state index in [0.29, 0.717) is 47.1 Å². The largest absolute Gasteiger partial charge is 0.504 e. The second-order valence-corrected chi connectivity index (χ2v) is 10.3. The summed E-state index contributed by atoms with van der Waals surface area (Å²) in [4.78, 5) is 20.7. The summed E-state index contributed by atoms with van der Waals surface area (Å²) >= 11 is 0. The Bertz CT molecular complexity index is 1400. The lowest BCUT2D eigenvalue weighted by Gasteiger charge is -2.28. The molecule has 2 aliphatic rings. The average Bonchev–Trinajstić information content (AvgIpc) is 3.57. The van der Waals surface area contributed by atoms with Gasteiger partial charge >= 0.3 is 6.09 Å². The number of ether oxygens (including phenoxy) is 2. The minimum Gasteiger partial charge on any atom is -0.504 e. The molecule has 1 fully saturated rings. The normalized spacial score (nSPS) is 18.5. The number of furan rings is 1. The van der Waals surface area contributed by atoms with Crippen molar-refractivity contribution in [3.63, 3.8) is 0 Å². The standard InChI is InChI=1S/C27H31N5O5/c1-27(2,3)37-26(34)31(4)16-10-12-32(14-16)15-19-21(35-5)9-8-18-23(33)22(36-24(18)19)13-20-17-7-6-11-28-25(17)30-29-20/h6-9,11,13,16,33H,10,12,14-15H2,1-5H3/t16-/m0/s1. The van der Waals surface area contributed by atoms with Gasteiger partial charge in [-0.25, -0.2) is 9.78 Å². The minimum absolute atomic E-state index is 0.0305. The minimum atomic E-state index is -0.542. The Morgan fingerprint density at radius 1 is 1.30 bits per heavy atom. The summed E-state index contributed by atoms with van der Waals surface area (Å²) in [7, 11) is 3.39. The van der Waals surface area contributed by atoms with Gasteiger partial charge < -0.3 is 23.9 Å². The van der Waals surface area contributed by atoms with Crippen molar-refractivity contribution in [3.05, 3.63) is 47.3 Å². The molecule has 37 heavy (non-hydrogen) atoms. The van der Waals surface area contributed by atoms with E-state index in [-0.39, 0.29) is 17.9 Å². The molecule has 2 aromatic heterocycles. The second kappa shape index (κ2) is 9.51. The van der Waals surface area contributed by atoms with Crippen LogP contribution in [0.15, 0.2) is 45.1 Å². The summed E-state index contributed by atoms with van der Waals surface area (Å²) in [6.45, 7) is 7.60. The van der Waals surface area contributed by atoms with Gasteiger partial charge in [0.2, 0.25) is 0 Å². The summed E-state index contributed by atoms with van der Waals surface area (Å²) in [5.41, 5.74) is 2.18. The predicted molar refractivity (Wildman–Crippen MR) is 139 cm³/mol. The molecular formula is C27H31N5O5. The van der Waals surface area contributed by atoms with Crippen molar-refractivity contribution in [2.75, 3.05) is 27.2 Å². The summed E-state index contributed by atoms with van der Waals surface area (Å²) in [5, 5.41) is 19.8. The number of benzene rings is 1. The third-order valence-corrected chi connectivity index (χ3v) is 6.58. The molecule has 1 N–H and O–H groups in total. The fraction of sp³-hybridized carbons (Fsp3) is 0.407. The molecule has 10 heteroatoms. The van der Waals surface area contributed by atoms with E-state index in [0.717, 1.165) is 24.1 Å². The predicted octanol–water partition coefficient (Wildman–Crippen LogP) is 5.58. The molecular weight excluding hydrogens is 474 g/mol. The van der Waals surface area contributed by atoms with Crippen molar-refractivity contribution in [1.82, 2.24) is 14.8 Å². The maximum atomic E-state index is 12.5. The number of aromatic hydroxyl groups is 1. The number of methoxy groups -OCH3 is 1. The number of fused-ring (bicyclic) bond motifs is 2. The molecule has 0 saturated carbocycles. The number of amides is 1. The molecule has 0 unspecified atom stereocenters. The van der Waals surface area contributed by atoms with Crippen LogP contribution in [0.4, 0.5) is 10.6 Å². The van der Waals surface area contributed by atoms with Crippen molar-refractivity contribution >= 4 is 34.7 Å². The molecule has 194 valence electrons. The van der Waals surface area contributed by atoms with Crippen molar-refractivity contribution in [1.29, 1.82) is 0 Å². The number of hydrogen-bond acceptors (Lipinski definition) is 9. The quantitative estimate of drug-likeness (QED) is 0.482. The average molecular weight is 506 g/mol. The first-order chi connectivity index (χ1) is 17.6. The summed E-state index contributed by atoms with van der Waals surface area (Å²) in [6.07, 6.45) is 3.83. The Hall–Kier alpha value is -3.92. The monoisotopic (exact) mass is 505 g/mol. The van der Waals surface area contributed by atoms with Crippen LogP contribution >= 0.6 is 0 Å². The topological polar surface area (TPSA) is 113 Å². The van der Waals surface area contributed by atoms with Gasteiger partial charge in [-0.3, -0.25) is 4.90 Å². The molecule has 10 nitrogen and oxygen atoms in total. The number of pyridine rings is 1. The molecule has 0 aliphatic carbocycles. The molecule has 5 rings (SSSR count). The number of aromatic nitrogens is 1. The highest BCUT2D eigenvalue weighted by atomic mass is 16.6. The highest BCUT2D eigenvalue weighted by Crippen LogP contribution is 2.42. The van der Waals surface area contributed by atoms with E-state index in [1.54, 1.807) is 37.4 Å². The Morgan fingerprint density at radius 2 is 2.11 bits per heavy atom. The van der Waals surface area contributed by atoms with Crippen molar-refractivity contribution in [2.45, 2.75) is 45.4 Å². The van der Waals surface area contributed by atoms with Gasteiger partial charge in [-0.05, 0) is 51.5 Å². The van der Waals surface area contributed by atoms with E-state index in [4.69, 9.17) is 13.9 Å². The van der Waals surface area contributed by atoms with E-state index in [2.05, 4.69) is 20.1 Å². The van der Waals surface area contributed by atoms with Crippen molar-refractivity contribution in [3.8, 4) is 11.5 Å². The van der Waals surface area contributed by atoms with E-state index >= 15 is 0 Å². The number of likely N-dealkylation sites (N-methyl/N-ethyl adjacent to an activating group) is 1. The fourth-order valence-electron chi connectivity index (χ4n) is 4.68. The Morgan fingerprint density at radius 3 is 2.86 bits per heavy atom. The molecule has 3 aromatic rings. The maximum absolute atomic E-state index is 12.5. The van der Waals surface area contributed by atoms with Crippen LogP contribution in [0, 0.1) is 0 Å². The Labute approximate surface area is 215 Å². The number of nitrogens with zero attached hydrogens (tertiary/aromatic N) is 5. The van der Waals surface area contributed by atoms with Crippen LogP contribution in [-0.4, -0.2) is 64.9 Å². The molecule has 0 spiro atoms. The first-order valence-corrected chi connectivity index (χ1v) is 12.2. The molecule has 1 saturated heterocycles. The number of hydrogen-bond donors (Lipinski definition) is 1. The second-order valence-electron chi connectivity index (χ2n) is 10.3. The fourth-order valence-corrected chi connectivity index (χ4v) is 4.68. The molecule has 2 aliphatic heterocycles. The van der Waals surface area contributed by atoms with Crippen molar-refractivity contribution < 1.29 is 23.8 Å². The Balaban J connectivity index is 1.40. The summed E-state index contributed by atoms with van der Waals surface area (Å²) in [5.74, 6) is 1.52. The number of likely N-dealkylation sites (tertiary alicyclic amines) is 1. The number of carbonyl (C=O) groups is 1. The van der Waals surface area contributed by atoms with Gasteiger partial charge in [0.15, 0.2) is 17.3 Å². The highest BCUT2D eigenvalue weighted by Gasteiger charge is 2.32. The van der Waals surface area contributed by atoms with Gasteiger partial charge in [-0.1, -0.05) is 0 Å². The van der Waals surface area contributed by atoms with Crippen LogP contribution in [0.25, 0.3) is 22.7 Å². The van der Waals surface area contributed by atoms with Crippen LogP contribution in [0.2, 0.25) is 0 Å². The molecule has 4 heterocycles. The zero-order chi connectivity index (χ0) is 26.3. The lowest BCUT2D eigenvalue weighted by Crippen LogP contribution is -2.42. The highest BCUT2D eigenvalue weighted by molar-refractivity contribution is 5.94. The van der Waals surface area contributed by atoms with E-state index < -0.39 is 5.60 Å². The van der Waals surface area contributed by atoms with Gasteiger partial charge in [0.1, 0.15) is 22.6 Å². The van der Waals surface area contributed by atoms with Crippen LogP contribution in [0.1, 0.15) is 44.1 Å². The number of rotatable bonds is 5. The van der Waals surface area contributed by atoms with Crippen LogP contribution in [0.5, 0.6) is 11.5 Å². The summed E-state index contributed by atoms with van der Waals surface area (Å²) < 4.78 is 17.4. The zero-order valence-corrected chi connectivity index (χ0v) is 21.7. The van der Waals surface area contributed by atoms with Crippen LogP contribution in [-0.2, 0) is 11.3 Å². The van der Waals surface area contributed by atoms with Gasteiger partial charge in [0, 0.05) is 50.6 Å². The smallest absolute Gasteiger partial charge is 0.410 e. The van der Waals surface area contributed by atoms with Crippen molar-refractivity contribution in [2.24, 2.45) is 10.2 Å². The molecule has 1 atom stereocenters. The van der Waals surface area contributed by atoms with Gasteiger partial charge in [-0.2, -0.15) is 0 Å². The third-order valence-electron chi connectivity index (χ3n) is 6.58. The number of azo groups is 1. The molecule has 0 bridgehead atoms. The number of carbonyl (C=O) groups excluding carboxylic acids is 1. The molecule has 1 amide bonds. The van der Waals surface area contributed by atoms with Crippen LogP contribution in [0.3, 0.4) is 0 Å². The van der Waals surface area contributed by atoms with Gasteiger partial charge in [0.25, 0.3) is 0 Å². The Kier molecular flexibility index (Phi) is 6.36. The molecule has 0 radical (unpaired) electrons. The SMILES string of the molecule is COc1ccc2c(O)c(C=C3N=Nc4ncccc43)oc2c1CN1CC[C@H](N(C)C(=O)OC(C)(C)C)C1. The molecule has 1 aromatic carbocycles. The van der Waals surface area contributed by atoms with Gasteiger partial charge in [0.05, 0.1) is 18.1 Å². The lowest BCUT2D eigenvalue weighted by molar-refractivity contribution is 0.0228. The van der Waals surface area contributed by atoms with E-state index in [1.165, 1.54) is 0 Å². The maximum Gasteiger partial charge on any atom is 0.410 e.